The first-order valence-corrected chi connectivity index (χ1v) is 23.2. The first kappa shape index (κ1) is 52.3. The molecule has 0 aliphatic heterocycles. The number of nitrogens with two attached hydrogens (primary N) is 2. The van der Waals surface area contributed by atoms with Gasteiger partial charge in [-0.15, -0.1) is 0 Å². The number of aliphatic hydroxyl groups is 2. The molecule has 7 N–H and O–H groups in total. The number of nitrogens with one attached hydrogen (secondary N) is 1. The Kier molecular flexibility index (Phi) is 22.8. The molecule has 0 saturated heterocycles. The molecule has 64 heavy (non-hydrogen) atoms. The highest BCUT2D eigenvalue weighted by atomic mass is 16.6. The number of carbonyl (C=O) groups is 3. The summed E-state index contributed by atoms with van der Waals surface area (Å²) in [5.41, 5.74) is 14.2. The second-order valence-corrected chi connectivity index (χ2v) is 17.3. The quantitative estimate of drug-likeness (QED) is 0.0393. The highest BCUT2D eigenvalue weighted by Crippen LogP contribution is 2.32. The van der Waals surface area contributed by atoms with Crippen molar-refractivity contribution in [3.63, 3.8) is 0 Å². The van der Waals surface area contributed by atoms with Crippen LogP contribution in [0.25, 0.3) is 0 Å². The molecular weight excluding hydrogens is 817 g/mol. The highest BCUT2D eigenvalue weighted by Gasteiger charge is 2.40. The number of hydrogen-bond acceptors (Lipinski definition) is 13. The number of aromatic nitrogens is 1. The minimum absolute atomic E-state index is 0.0335. The van der Waals surface area contributed by atoms with E-state index in [2.05, 4.69) is 10.3 Å². The van der Waals surface area contributed by atoms with E-state index >= 15 is 0 Å². The van der Waals surface area contributed by atoms with Crippen LogP contribution in [0.15, 0.2) is 60.8 Å². The summed E-state index contributed by atoms with van der Waals surface area (Å²) in [5, 5.41) is 26.0. The van der Waals surface area contributed by atoms with E-state index in [0.29, 0.717) is 77.2 Å². The number of para-hydroxylation sites is 1. The predicted molar refractivity (Wildman–Crippen MR) is 246 cm³/mol. The van der Waals surface area contributed by atoms with Gasteiger partial charge in [0.05, 0.1) is 87.2 Å². The third-order valence-electron chi connectivity index (χ3n) is 12.2. The van der Waals surface area contributed by atoms with E-state index in [-0.39, 0.29) is 34.8 Å². The number of methoxy groups -OCH3 is 1. The molecule has 1 aliphatic carbocycles. The van der Waals surface area contributed by atoms with Gasteiger partial charge in [0.2, 0.25) is 5.91 Å². The van der Waals surface area contributed by atoms with Crippen molar-refractivity contribution in [2.24, 2.45) is 35.1 Å². The summed E-state index contributed by atoms with van der Waals surface area (Å²) in [6.07, 6.45) is 6.51. The van der Waals surface area contributed by atoms with E-state index < -0.39 is 53.6 Å². The molecule has 14 heteroatoms. The number of benzene rings is 2. The lowest BCUT2D eigenvalue weighted by Crippen LogP contribution is -2.50. The summed E-state index contributed by atoms with van der Waals surface area (Å²) in [4.78, 5) is 47.3. The van der Waals surface area contributed by atoms with Crippen molar-refractivity contribution in [1.29, 1.82) is 0 Å². The van der Waals surface area contributed by atoms with Crippen LogP contribution in [0.3, 0.4) is 0 Å². The van der Waals surface area contributed by atoms with E-state index in [9.17, 15) is 24.6 Å². The van der Waals surface area contributed by atoms with Crippen LogP contribution < -0.4 is 26.3 Å². The summed E-state index contributed by atoms with van der Waals surface area (Å²) in [5.74, 6) is -1.79. The van der Waals surface area contributed by atoms with Crippen LogP contribution in [0.1, 0.15) is 117 Å². The third kappa shape index (κ3) is 16.0. The van der Waals surface area contributed by atoms with Crippen LogP contribution >= 0.6 is 0 Å². The van der Waals surface area contributed by atoms with Crippen LogP contribution in [0.2, 0.25) is 0 Å². The molecule has 1 saturated carbocycles. The molecule has 14 nitrogen and oxygen atoms in total. The minimum atomic E-state index is -1.53. The van der Waals surface area contributed by atoms with Crippen LogP contribution in [0, 0.1) is 23.7 Å². The van der Waals surface area contributed by atoms with Crippen molar-refractivity contribution in [3.8, 4) is 11.5 Å². The number of ketones is 2. The lowest BCUT2D eigenvalue weighted by atomic mass is 9.76. The van der Waals surface area contributed by atoms with Gasteiger partial charge in [-0.25, -0.2) is 0 Å². The Hall–Kier alpha value is -4.28. The first-order valence-electron chi connectivity index (χ1n) is 23.2. The Labute approximate surface area is 380 Å². The number of carbonyl (C=O) groups excluding carboxylic acids is 3. The van der Waals surface area contributed by atoms with Gasteiger partial charge in [0.15, 0.2) is 11.6 Å². The van der Waals surface area contributed by atoms with Gasteiger partial charge in [-0.3, -0.25) is 19.4 Å². The molecule has 3 aromatic rings. The van der Waals surface area contributed by atoms with E-state index in [1.807, 2.05) is 38.1 Å². The largest absolute Gasteiger partial charge is 0.493 e. The fraction of sp³-hybridized carbons (Fsp3) is 0.600. The number of aliphatic hydroxyl groups excluding tert-OH is 2. The van der Waals surface area contributed by atoms with Crippen LogP contribution in [-0.2, 0) is 32.0 Å². The van der Waals surface area contributed by atoms with Gasteiger partial charge in [0.1, 0.15) is 18.1 Å². The predicted octanol–water partition coefficient (Wildman–Crippen LogP) is 5.85. The number of ether oxygens (including phenoxy) is 5. The molecule has 354 valence electrons. The zero-order valence-electron chi connectivity index (χ0n) is 38.7. The molecule has 1 fully saturated rings. The number of aryl methyl sites for hydroxylation is 1. The summed E-state index contributed by atoms with van der Waals surface area (Å²) < 4.78 is 27.9. The van der Waals surface area contributed by atoms with Gasteiger partial charge in [-0.05, 0) is 72.9 Å². The number of rotatable bonds is 30. The third-order valence-corrected chi connectivity index (χ3v) is 12.2. The van der Waals surface area contributed by atoms with Gasteiger partial charge < -0.3 is 50.7 Å². The number of Topliss-reactive ketones (excluding diaryl/α,β-unsaturated/α-hetero) is 1. The van der Waals surface area contributed by atoms with Crippen molar-refractivity contribution in [2.75, 3.05) is 53.4 Å². The Morgan fingerprint density at radius 2 is 1.48 bits per heavy atom. The fourth-order valence-corrected chi connectivity index (χ4v) is 8.15. The van der Waals surface area contributed by atoms with Crippen molar-refractivity contribution in [2.45, 2.75) is 116 Å². The molecule has 1 aliphatic rings. The van der Waals surface area contributed by atoms with Crippen LogP contribution in [0.4, 0.5) is 0 Å². The van der Waals surface area contributed by atoms with Crippen molar-refractivity contribution in [3.05, 3.63) is 88.7 Å². The normalized spacial score (nSPS) is 16.1. The second-order valence-electron chi connectivity index (χ2n) is 17.3. The summed E-state index contributed by atoms with van der Waals surface area (Å²) in [6, 6.07) is 14.6. The average molecular weight is 891 g/mol. The van der Waals surface area contributed by atoms with Crippen molar-refractivity contribution in [1.82, 2.24) is 10.3 Å². The van der Waals surface area contributed by atoms with E-state index in [1.54, 1.807) is 45.2 Å². The Morgan fingerprint density at radius 1 is 0.812 bits per heavy atom. The standard InChI is InChI=1S/C50H74N4O10/c1-6-34(4)45(52)50(59)54-32-41-44(48(57)43(33(2)3)49(58)47(56)40(51)31-36-13-8-7-9-14-36)39(22-23-53-41)46(55)38-16-10-11-17-42(38)64-24-12-15-35-18-20-37(21-19-35)63-30-29-62-28-27-61-26-25-60-5/h10-11,16-23,33-34,36,40,43,45,47,49,56,58H,6-9,12-15,24-32,51-52H2,1-5H3,(H,54,59)/t34-,40?,43?,45-,47-,49?/m1/s1. The van der Waals surface area contributed by atoms with Crippen LogP contribution in [-0.4, -0.2) is 110 Å². The minimum Gasteiger partial charge on any atom is -0.493 e. The maximum absolute atomic E-state index is 14.9. The molecule has 1 amide bonds. The number of nitrogens with zero attached hydrogens (tertiary/aromatic N) is 1. The fourth-order valence-electron chi connectivity index (χ4n) is 8.15. The zero-order chi connectivity index (χ0) is 46.4. The molecule has 1 aromatic heterocycles. The van der Waals surface area contributed by atoms with Gasteiger partial charge in [0, 0.05) is 24.9 Å². The molecule has 2 aromatic carbocycles. The topological polar surface area (TPSA) is 215 Å². The average Bonchev–Trinajstić information content (AvgIpc) is 3.31. The van der Waals surface area contributed by atoms with Crippen LogP contribution in [0.5, 0.6) is 11.5 Å². The number of amides is 1. The first-order chi connectivity index (χ1) is 30.9. The summed E-state index contributed by atoms with van der Waals surface area (Å²) >= 11 is 0. The molecule has 1 heterocycles. The highest BCUT2D eigenvalue weighted by molar-refractivity contribution is 6.17. The molecule has 0 bridgehead atoms. The van der Waals surface area contributed by atoms with Gasteiger partial charge in [-0.1, -0.05) is 90.5 Å². The van der Waals surface area contributed by atoms with Gasteiger partial charge >= 0.3 is 0 Å². The molecule has 0 spiro atoms. The number of hydrogen-bond donors (Lipinski definition) is 5. The maximum atomic E-state index is 14.9. The molecular formula is C50H74N4O10. The lowest BCUT2D eigenvalue weighted by Gasteiger charge is -2.34. The Balaban J connectivity index is 1.49. The Bertz CT molecular complexity index is 1850. The SMILES string of the molecule is CC[C@@H](C)[C@@H](N)C(=O)NCc1nccc(C(=O)c2ccccc2OCCCc2ccc(OCCOCCOCCOC)cc2)c1C(=O)C(C(C)C)C(O)[C@H](O)C(N)CC1CCCCC1. The smallest absolute Gasteiger partial charge is 0.237 e. The van der Waals surface area contributed by atoms with Crippen molar-refractivity contribution >= 4 is 17.5 Å². The van der Waals surface area contributed by atoms with Gasteiger partial charge in [-0.2, -0.15) is 0 Å². The maximum Gasteiger partial charge on any atom is 0.237 e. The number of pyridine rings is 1. The zero-order valence-corrected chi connectivity index (χ0v) is 38.7. The van der Waals surface area contributed by atoms with Crippen molar-refractivity contribution < 1.29 is 48.3 Å². The molecule has 3 unspecified atom stereocenters. The Morgan fingerprint density at radius 3 is 2.16 bits per heavy atom. The van der Waals surface area contributed by atoms with Gasteiger partial charge in [0.25, 0.3) is 0 Å². The van der Waals surface area contributed by atoms with E-state index in [4.69, 9.17) is 35.2 Å². The summed E-state index contributed by atoms with van der Waals surface area (Å²) in [7, 11) is 1.63. The lowest BCUT2D eigenvalue weighted by molar-refractivity contribution is -0.123. The van der Waals surface area contributed by atoms with E-state index in [0.717, 1.165) is 43.4 Å². The second kappa shape index (κ2) is 27.9. The molecule has 6 atom stereocenters. The molecule has 4 rings (SSSR count). The molecule has 0 radical (unpaired) electrons. The monoisotopic (exact) mass is 891 g/mol. The van der Waals surface area contributed by atoms with E-state index in [1.165, 1.54) is 18.7 Å². The summed E-state index contributed by atoms with van der Waals surface area (Å²) in [6.45, 7) is 10.4.